The van der Waals surface area contributed by atoms with E-state index >= 15 is 0 Å². The Morgan fingerprint density at radius 2 is 2.31 bits per heavy atom. The van der Waals surface area contributed by atoms with Crippen LogP contribution >= 0.6 is 0 Å². The van der Waals surface area contributed by atoms with Crippen molar-refractivity contribution < 1.29 is 15.0 Å². The van der Waals surface area contributed by atoms with E-state index in [9.17, 15) is 9.90 Å². The first-order valence-corrected chi connectivity index (χ1v) is 4.66. The predicted octanol–water partition coefficient (Wildman–Crippen LogP) is -0.226. The monoisotopic (exact) mass is 185 g/mol. The zero-order valence-corrected chi connectivity index (χ0v) is 7.73. The Bertz CT molecular complexity index is 243. The first-order valence-electron chi connectivity index (χ1n) is 4.66. The minimum atomic E-state index is -0.877. The Kier molecular flexibility index (Phi) is 1.85. The van der Waals surface area contributed by atoms with Crippen molar-refractivity contribution in [3.8, 4) is 0 Å². The molecule has 2 N–H and O–H groups in total. The number of hydrogen-bond acceptors (Lipinski definition) is 3. The molecule has 2 bridgehead atoms. The molecule has 3 unspecified atom stereocenters. The van der Waals surface area contributed by atoms with Gasteiger partial charge in [0.25, 0.3) is 0 Å². The van der Waals surface area contributed by atoms with E-state index in [4.69, 9.17) is 5.11 Å². The molecule has 2 rings (SSSR count). The zero-order chi connectivity index (χ0) is 9.64. The van der Waals surface area contributed by atoms with E-state index in [1.165, 1.54) is 0 Å². The SMILES string of the molecule is CN1CC2CCC(C(=O)O)(C1)C2O. The van der Waals surface area contributed by atoms with Crippen LogP contribution in [0.3, 0.4) is 0 Å². The van der Waals surface area contributed by atoms with Crippen LogP contribution in [0.4, 0.5) is 0 Å². The predicted molar refractivity (Wildman–Crippen MR) is 46.3 cm³/mol. The lowest BCUT2D eigenvalue weighted by atomic mass is 9.79. The standard InChI is InChI=1S/C9H15NO3/c1-10-4-6-2-3-9(5-10,7(6)11)8(12)13/h6-7,11H,2-5H2,1H3,(H,12,13). The number of likely N-dealkylation sites (tertiary alicyclic amines) is 1. The summed E-state index contributed by atoms with van der Waals surface area (Å²) in [6.45, 7) is 1.32. The van der Waals surface area contributed by atoms with Gasteiger partial charge in [0.2, 0.25) is 0 Å². The molecule has 1 heterocycles. The highest BCUT2D eigenvalue weighted by atomic mass is 16.4. The number of aliphatic hydroxyl groups excluding tert-OH is 1. The van der Waals surface area contributed by atoms with E-state index in [-0.39, 0.29) is 5.92 Å². The van der Waals surface area contributed by atoms with Gasteiger partial charge in [0.15, 0.2) is 0 Å². The minimum Gasteiger partial charge on any atom is -0.481 e. The van der Waals surface area contributed by atoms with Crippen molar-refractivity contribution >= 4 is 5.97 Å². The van der Waals surface area contributed by atoms with Crippen molar-refractivity contribution in [3.05, 3.63) is 0 Å². The van der Waals surface area contributed by atoms with Gasteiger partial charge in [-0.2, -0.15) is 0 Å². The second-order valence-corrected chi connectivity index (χ2v) is 4.40. The average Bonchev–Trinajstić information content (AvgIpc) is 2.31. The van der Waals surface area contributed by atoms with Crippen molar-refractivity contribution in [2.45, 2.75) is 18.9 Å². The van der Waals surface area contributed by atoms with Gasteiger partial charge in [0, 0.05) is 13.1 Å². The van der Waals surface area contributed by atoms with Gasteiger partial charge in [0.05, 0.1) is 6.10 Å². The molecule has 0 aromatic heterocycles. The topological polar surface area (TPSA) is 60.8 Å². The molecule has 1 aliphatic carbocycles. The third kappa shape index (κ3) is 1.09. The van der Waals surface area contributed by atoms with E-state index in [0.717, 1.165) is 13.0 Å². The summed E-state index contributed by atoms with van der Waals surface area (Å²) in [5.74, 6) is -0.677. The van der Waals surface area contributed by atoms with Crippen LogP contribution in [0.15, 0.2) is 0 Å². The molecule has 0 aromatic carbocycles. The van der Waals surface area contributed by atoms with E-state index in [1.807, 2.05) is 11.9 Å². The van der Waals surface area contributed by atoms with Crippen LogP contribution in [-0.2, 0) is 4.79 Å². The summed E-state index contributed by atoms with van der Waals surface area (Å²) in [5.41, 5.74) is -0.877. The highest BCUT2D eigenvalue weighted by Crippen LogP contribution is 2.46. The second kappa shape index (κ2) is 2.69. The van der Waals surface area contributed by atoms with Gasteiger partial charge >= 0.3 is 5.97 Å². The molecule has 2 aliphatic rings. The number of rotatable bonds is 1. The first-order chi connectivity index (χ1) is 6.06. The minimum absolute atomic E-state index is 0.162. The van der Waals surface area contributed by atoms with Gasteiger partial charge in [-0.1, -0.05) is 0 Å². The lowest BCUT2D eigenvalue weighted by Gasteiger charge is -2.39. The molecule has 0 aromatic rings. The number of carboxylic acids is 1. The van der Waals surface area contributed by atoms with Crippen LogP contribution in [0.5, 0.6) is 0 Å². The number of hydrogen-bond donors (Lipinski definition) is 2. The Morgan fingerprint density at radius 1 is 1.62 bits per heavy atom. The third-order valence-corrected chi connectivity index (χ3v) is 3.50. The molecule has 4 nitrogen and oxygen atoms in total. The van der Waals surface area contributed by atoms with Crippen LogP contribution in [0.2, 0.25) is 0 Å². The van der Waals surface area contributed by atoms with Crippen molar-refractivity contribution in [2.24, 2.45) is 11.3 Å². The highest BCUT2D eigenvalue weighted by molar-refractivity contribution is 5.76. The summed E-state index contributed by atoms with van der Waals surface area (Å²) >= 11 is 0. The van der Waals surface area contributed by atoms with Crippen molar-refractivity contribution in [3.63, 3.8) is 0 Å². The molecule has 1 saturated heterocycles. The molecular weight excluding hydrogens is 170 g/mol. The zero-order valence-electron chi connectivity index (χ0n) is 7.73. The van der Waals surface area contributed by atoms with Crippen LogP contribution < -0.4 is 0 Å². The molecule has 4 heteroatoms. The summed E-state index contributed by atoms with van der Waals surface area (Å²) in [6, 6.07) is 0. The molecule has 2 fully saturated rings. The number of aliphatic hydroxyl groups is 1. The van der Waals surface area contributed by atoms with Crippen molar-refractivity contribution in [2.75, 3.05) is 20.1 Å². The van der Waals surface area contributed by atoms with E-state index in [0.29, 0.717) is 13.0 Å². The molecule has 1 saturated carbocycles. The summed E-state index contributed by atoms with van der Waals surface area (Å²) in [7, 11) is 1.92. The van der Waals surface area contributed by atoms with Gasteiger partial charge in [-0.25, -0.2) is 0 Å². The number of piperidine rings is 1. The molecule has 0 radical (unpaired) electrons. The van der Waals surface area contributed by atoms with Gasteiger partial charge in [-0.05, 0) is 25.8 Å². The second-order valence-electron chi connectivity index (χ2n) is 4.40. The summed E-state index contributed by atoms with van der Waals surface area (Å²) in [4.78, 5) is 13.1. The first kappa shape index (κ1) is 8.97. The fraction of sp³-hybridized carbons (Fsp3) is 0.889. The summed E-state index contributed by atoms with van der Waals surface area (Å²) in [6.07, 6.45) is 0.831. The maximum atomic E-state index is 11.1. The number of fused-ring (bicyclic) bond motifs is 2. The van der Waals surface area contributed by atoms with Crippen LogP contribution in [0.1, 0.15) is 12.8 Å². The molecule has 0 spiro atoms. The smallest absolute Gasteiger partial charge is 0.313 e. The largest absolute Gasteiger partial charge is 0.481 e. The lowest BCUT2D eigenvalue weighted by Crippen LogP contribution is -2.54. The van der Waals surface area contributed by atoms with Crippen LogP contribution in [0.25, 0.3) is 0 Å². The van der Waals surface area contributed by atoms with E-state index < -0.39 is 17.5 Å². The Morgan fingerprint density at radius 3 is 2.92 bits per heavy atom. The van der Waals surface area contributed by atoms with Crippen LogP contribution in [-0.4, -0.2) is 47.3 Å². The number of carbonyl (C=O) groups is 1. The Hall–Kier alpha value is -0.610. The Labute approximate surface area is 77.2 Å². The van der Waals surface area contributed by atoms with Crippen LogP contribution in [0, 0.1) is 11.3 Å². The number of carboxylic acid groups (broad SMARTS) is 1. The average molecular weight is 185 g/mol. The van der Waals surface area contributed by atoms with Gasteiger partial charge in [0.1, 0.15) is 5.41 Å². The fourth-order valence-corrected chi connectivity index (χ4v) is 2.81. The normalized spacial score (nSPS) is 45.1. The maximum Gasteiger partial charge on any atom is 0.313 e. The molecule has 3 atom stereocenters. The molecule has 1 aliphatic heterocycles. The van der Waals surface area contributed by atoms with Crippen molar-refractivity contribution in [1.82, 2.24) is 4.90 Å². The third-order valence-electron chi connectivity index (χ3n) is 3.50. The highest BCUT2D eigenvalue weighted by Gasteiger charge is 2.56. The molecular formula is C9H15NO3. The maximum absolute atomic E-state index is 11.1. The van der Waals surface area contributed by atoms with Crippen molar-refractivity contribution in [1.29, 1.82) is 0 Å². The lowest BCUT2D eigenvalue weighted by molar-refractivity contribution is -0.160. The van der Waals surface area contributed by atoms with Gasteiger partial charge in [-0.3, -0.25) is 4.79 Å². The van der Waals surface area contributed by atoms with Gasteiger partial charge < -0.3 is 15.1 Å². The number of aliphatic carboxylic acids is 1. The van der Waals surface area contributed by atoms with E-state index in [2.05, 4.69) is 0 Å². The Balaban J connectivity index is 2.30. The quantitative estimate of drug-likeness (QED) is 0.592. The molecule has 74 valence electrons. The molecule has 0 amide bonds. The summed E-state index contributed by atoms with van der Waals surface area (Å²) in [5, 5.41) is 19.0. The van der Waals surface area contributed by atoms with Gasteiger partial charge in [-0.15, -0.1) is 0 Å². The fourth-order valence-electron chi connectivity index (χ4n) is 2.81. The number of nitrogens with zero attached hydrogens (tertiary/aromatic N) is 1. The molecule has 13 heavy (non-hydrogen) atoms. The van der Waals surface area contributed by atoms with E-state index in [1.54, 1.807) is 0 Å². The summed E-state index contributed by atoms with van der Waals surface area (Å²) < 4.78 is 0.